The highest BCUT2D eigenvalue weighted by molar-refractivity contribution is 5.56. The zero-order valence-corrected chi connectivity index (χ0v) is 14.3. The number of hydrogen-bond acceptors (Lipinski definition) is 5. The summed E-state index contributed by atoms with van der Waals surface area (Å²) < 4.78 is 1.17. The lowest BCUT2D eigenvalue weighted by molar-refractivity contribution is 0.402. The molecule has 0 aliphatic carbocycles. The van der Waals surface area contributed by atoms with Crippen LogP contribution in [-0.2, 0) is 6.54 Å². The van der Waals surface area contributed by atoms with Gasteiger partial charge in [0.2, 0.25) is 5.88 Å². The summed E-state index contributed by atoms with van der Waals surface area (Å²) in [7, 11) is 0. The monoisotopic (exact) mass is 324 g/mol. The largest absolute Gasteiger partial charge is 0.493 e. The van der Waals surface area contributed by atoms with Crippen LogP contribution in [0.2, 0.25) is 0 Å². The summed E-state index contributed by atoms with van der Waals surface area (Å²) in [6.45, 7) is 7.76. The molecule has 0 amide bonds. The minimum absolute atomic E-state index is 0.0529. The van der Waals surface area contributed by atoms with E-state index >= 15 is 0 Å². The van der Waals surface area contributed by atoms with Gasteiger partial charge in [0.1, 0.15) is 11.6 Å². The molecule has 6 heteroatoms. The Morgan fingerprint density at radius 1 is 1.21 bits per heavy atom. The third kappa shape index (κ3) is 3.20. The molecule has 2 aromatic rings. The van der Waals surface area contributed by atoms with Crippen LogP contribution in [0.15, 0.2) is 33.2 Å². The summed E-state index contributed by atoms with van der Waals surface area (Å²) in [5.74, 6) is -0.313. The Kier molecular flexibility index (Phi) is 5.14. The van der Waals surface area contributed by atoms with E-state index in [4.69, 9.17) is 0 Å². The molecule has 2 rings (SSSR count). The zero-order chi connectivity index (χ0) is 17.9. The fourth-order valence-electron chi connectivity index (χ4n) is 2.38. The molecule has 0 radical (unpaired) electrons. The Hall–Kier alpha value is -2.94. The van der Waals surface area contributed by atoms with Crippen molar-refractivity contribution >= 4 is 11.4 Å². The molecular weight excluding hydrogens is 304 g/mol. The van der Waals surface area contributed by atoms with Gasteiger partial charge in [0, 0.05) is 12.1 Å². The minimum Gasteiger partial charge on any atom is -0.493 e. The van der Waals surface area contributed by atoms with E-state index < -0.39 is 5.56 Å². The van der Waals surface area contributed by atoms with Crippen molar-refractivity contribution in [1.82, 2.24) is 4.57 Å². The molecule has 0 bridgehead atoms. The fraction of sp³-hybridized carbons (Fsp3) is 0.333. The molecule has 124 valence electrons. The van der Waals surface area contributed by atoms with Gasteiger partial charge in [-0.1, -0.05) is 13.0 Å². The lowest BCUT2D eigenvalue weighted by Gasteiger charge is -2.11. The molecule has 6 nitrogen and oxygen atoms in total. The van der Waals surface area contributed by atoms with E-state index in [1.54, 1.807) is 6.92 Å². The third-order valence-electron chi connectivity index (χ3n) is 3.97. The van der Waals surface area contributed by atoms with Gasteiger partial charge < -0.3 is 5.11 Å². The van der Waals surface area contributed by atoms with E-state index in [9.17, 15) is 15.2 Å². The van der Waals surface area contributed by atoms with Gasteiger partial charge in [-0.3, -0.25) is 9.36 Å². The molecule has 1 heterocycles. The smallest absolute Gasteiger partial charge is 0.281 e. The van der Waals surface area contributed by atoms with Crippen molar-refractivity contribution in [3.63, 3.8) is 0 Å². The van der Waals surface area contributed by atoms with Gasteiger partial charge >= 0.3 is 0 Å². The van der Waals surface area contributed by atoms with Gasteiger partial charge in [0.25, 0.3) is 5.56 Å². The quantitative estimate of drug-likeness (QED) is 0.855. The number of nitriles is 1. The maximum absolute atomic E-state index is 12.6. The average molecular weight is 324 g/mol. The fourth-order valence-corrected chi connectivity index (χ4v) is 2.38. The van der Waals surface area contributed by atoms with Gasteiger partial charge in [-0.05, 0) is 50.5 Å². The maximum atomic E-state index is 12.6. The molecule has 0 spiro atoms. The lowest BCUT2D eigenvalue weighted by atomic mass is 10.1. The van der Waals surface area contributed by atoms with E-state index in [0.717, 1.165) is 11.1 Å². The first-order valence-electron chi connectivity index (χ1n) is 7.76. The predicted molar refractivity (Wildman–Crippen MR) is 92.2 cm³/mol. The summed E-state index contributed by atoms with van der Waals surface area (Å²) in [5.41, 5.74) is 2.87. The molecule has 0 fully saturated rings. The first-order chi connectivity index (χ1) is 11.4. The number of azo groups is 1. The molecule has 0 aliphatic heterocycles. The van der Waals surface area contributed by atoms with Gasteiger partial charge in [-0.25, -0.2) is 0 Å². The molecule has 0 aliphatic rings. The Bertz CT molecular complexity index is 905. The van der Waals surface area contributed by atoms with Gasteiger partial charge in [0.15, 0.2) is 5.69 Å². The van der Waals surface area contributed by atoms with Crippen LogP contribution in [0.5, 0.6) is 5.88 Å². The van der Waals surface area contributed by atoms with Crippen LogP contribution in [0.25, 0.3) is 0 Å². The van der Waals surface area contributed by atoms with E-state index in [1.807, 2.05) is 45.0 Å². The number of nitrogens with zero attached hydrogens (tertiary/aromatic N) is 4. The number of hydrogen-bond donors (Lipinski definition) is 1. The van der Waals surface area contributed by atoms with E-state index in [2.05, 4.69) is 10.2 Å². The van der Waals surface area contributed by atoms with Crippen LogP contribution in [0.1, 0.15) is 35.6 Å². The van der Waals surface area contributed by atoms with Crippen molar-refractivity contribution in [3.05, 3.63) is 50.8 Å². The molecule has 0 saturated carbocycles. The molecule has 24 heavy (non-hydrogen) atoms. The van der Waals surface area contributed by atoms with Gasteiger partial charge in [-0.15, -0.1) is 5.11 Å². The highest BCUT2D eigenvalue weighted by Gasteiger charge is 2.18. The Morgan fingerprint density at radius 2 is 1.92 bits per heavy atom. The highest BCUT2D eigenvalue weighted by atomic mass is 16.3. The van der Waals surface area contributed by atoms with E-state index in [0.29, 0.717) is 24.2 Å². The Morgan fingerprint density at radius 3 is 2.50 bits per heavy atom. The highest BCUT2D eigenvalue weighted by Crippen LogP contribution is 2.27. The summed E-state index contributed by atoms with van der Waals surface area (Å²) in [6, 6.07) is 7.56. The second-order valence-corrected chi connectivity index (χ2v) is 5.71. The second kappa shape index (κ2) is 7.09. The van der Waals surface area contributed by atoms with Crippen molar-refractivity contribution in [2.75, 3.05) is 0 Å². The topological polar surface area (TPSA) is 90.7 Å². The first kappa shape index (κ1) is 17.4. The first-order valence-corrected chi connectivity index (χ1v) is 7.76. The molecule has 0 atom stereocenters. The lowest BCUT2D eigenvalue weighted by Crippen LogP contribution is -2.21. The summed E-state index contributed by atoms with van der Waals surface area (Å²) in [6.07, 6.45) is 0.648. The molecule has 1 aromatic carbocycles. The number of benzene rings is 1. The second-order valence-electron chi connectivity index (χ2n) is 5.71. The predicted octanol–water partition coefficient (Wildman–Crippen LogP) is 4.18. The maximum Gasteiger partial charge on any atom is 0.281 e. The third-order valence-corrected chi connectivity index (χ3v) is 3.97. The molecular formula is C18H20N4O2. The van der Waals surface area contributed by atoms with Crippen molar-refractivity contribution in [1.29, 1.82) is 5.26 Å². The average Bonchev–Trinajstić information content (AvgIpc) is 2.55. The van der Waals surface area contributed by atoms with Crippen LogP contribution in [0.4, 0.5) is 11.4 Å². The molecule has 1 aromatic heterocycles. The van der Waals surface area contributed by atoms with Crippen molar-refractivity contribution in [2.24, 2.45) is 10.2 Å². The zero-order valence-electron chi connectivity index (χ0n) is 14.3. The van der Waals surface area contributed by atoms with E-state index in [-0.39, 0.29) is 17.1 Å². The SMILES string of the molecule is CCCn1c(O)c(C#N)c(C)c(N=Nc2ccc(C)c(C)c2)c1=O. The molecule has 0 unspecified atom stereocenters. The van der Waals surface area contributed by atoms with Crippen molar-refractivity contribution < 1.29 is 5.11 Å². The number of aromatic nitrogens is 1. The number of rotatable bonds is 4. The molecule has 0 saturated heterocycles. The summed E-state index contributed by atoms with van der Waals surface area (Å²) in [5, 5.41) is 27.6. The normalized spacial score (nSPS) is 11.0. The number of pyridine rings is 1. The van der Waals surface area contributed by atoms with Crippen LogP contribution >= 0.6 is 0 Å². The number of aromatic hydroxyl groups is 1. The number of aryl methyl sites for hydroxylation is 2. The van der Waals surface area contributed by atoms with Crippen LogP contribution in [-0.4, -0.2) is 9.67 Å². The minimum atomic E-state index is -0.446. The molecule has 1 N–H and O–H groups in total. The summed E-state index contributed by atoms with van der Waals surface area (Å²) >= 11 is 0. The van der Waals surface area contributed by atoms with Gasteiger partial charge in [-0.2, -0.15) is 10.4 Å². The Labute approximate surface area is 140 Å². The standard InChI is InChI=1S/C18H20N4O2/c1-5-8-22-17(23)15(10-19)13(4)16(18(22)24)21-20-14-7-6-11(2)12(3)9-14/h6-7,9,23H,5,8H2,1-4H3. The van der Waals surface area contributed by atoms with Crippen molar-refractivity contribution in [3.8, 4) is 11.9 Å². The van der Waals surface area contributed by atoms with Crippen LogP contribution in [0.3, 0.4) is 0 Å². The Balaban J connectivity index is 2.59. The van der Waals surface area contributed by atoms with Gasteiger partial charge in [0.05, 0.1) is 5.69 Å². The van der Waals surface area contributed by atoms with E-state index in [1.165, 1.54) is 4.57 Å². The van der Waals surface area contributed by atoms with Crippen LogP contribution < -0.4 is 5.56 Å². The van der Waals surface area contributed by atoms with Crippen molar-refractivity contribution in [2.45, 2.75) is 40.7 Å². The summed E-state index contributed by atoms with van der Waals surface area (Å²) in [4.78, 5) is 12.6. The van der Waals surface area contributed by atoms with Crippen LogP contribution in [0, 0.1) is 32.1 Å².